The van der Waals surface area contributed by atoms with Crippen LogP contribution in [0.5, 0.6) is 5.75 Å². The number of ether oxygens (including phenoxy) is 1. The molecule has 1 fully saturated rings. The SMILES string of the molecule is CCCCCNC(=O)[C@H](Cc1ccc(N2CC(=O)N(Cc3ccccc3)S2(=O)=O)cc1)NC(=O)[C@H](Cc1ccccc1)NC(=O)Cc1ccc(OC)cc1. The van der Waals surface area contributed by atoms with E-state index in [-0.39, 0.29) is 44.2 Å². The fourth-order valence-corrected chi connectivity index (χ4v) is 7.66. The van der Waals surface area contributed by atoms with Crippen LogP contribution in [0.4, 0.5) is 5.69 Å². The molecule has 5 rings (SSSR count). The smallest absolute Gasteiger partial charge is 0.329 e. The van der Waals surface area contributed by atoms with E-state index in [0.717, 1.165) is 39.0 Å². The summed E-state index contributed by atoms with van der Waals surface area (Å²) in [5.74, 6) is -1.13. The molecule has 1 aliphatic rings. The number of carbonyl (C=O) groups is 4. The van der Waals surface area contributed by atoms with Crippen molar-refractivity contribution >= 4 is 39.5 Å². The first-order valence-corrected chi connectivity index (χ1v) is 19.5. The Kier molecular flexibility index (Phi) is 13.8. The largest absolute Gasteiger partial charge is 0.497 e. The van der Waals surface area contributed by atoms with Crippen LogP contribution in [0.3, 0.4) is 0 Å². The van der Waals surface area contributed by atoms with E-state index in [4.69, 9.17) is 4.74 Å². The molecule has 3 N–H and O–H groups in total. The number of nitrogens with one attached hydrogen (secondary N) is 3. The van der Waals surface area contributed by atoms with Crippen molar-refractivity contribution in [2.24, 2.45) is 0 Å². The number of rotatable bonds is 18. The molecular weight excluding hydrogens is 707 g/mol. The molecule has 284 valence electrons. The Morgan fingerprint density at radius 2 is 1.30 bits per heavy atom. The zero-order valence-electron chi connectivity index (χ0n) is 30.6. The van der Waals surface area contributed by atoms with Gasteiger partial charge in [-0.2, -0.15) is 8.42 Å². The number of unbranched alkanes of at least 4 members (excludes halogenated alkanes) is 2. The first-order valence-electron chi connectivity index (χ1n) is 18.1. The quantitative estimate of drug-likeness (QED) is 0.129. The Bertz CT molecular complexity index is 1980. The highest BCUT2D eigenvalue weighted by Crippen LogP contribution is 2.28. The van der Waals surface area contributed by atoms with Crippen molar-refractivity contribution in [2.45, 2.75) is 64.1 Å². The molecule has 54 heavy (non-hydrogen) atoms. The van der Waals surface area contributed by atoms with Gasteiger partial charge in [0.1, 0.15) is 24.4 Å². The maximum Gasteiger partial charge on any atom is 0.329 e. The molecule has 0 radical (unpaired) electrons. The highest BCUT2D eigenvalue weighted by Gasteiger charge is 2.42. The van der Waals surface area contributed by atoms with Crippen molar-refractivity contribution in [3.63, 3.8) is 0 Å². The fraction of sp³-hybridized carbons (Fsp3) is 0.317. The van der Waals surface area contributed by atoms with Crippen LogP contribution in [0, 0.1) is 0 Å². The molecule has 4 aromatic carbocycles. The Labute approximate surface area is 317 Å². The second kappa shape index (κ2) is 18.9. The van der Waals surface area contributed by atoms with Gasteiger partial charge in [-0.05, 0) is 52.9 Å². The number of anilines is 1. The van der Waals surface area contributed by atoms with Gasteiger partial charge in [0.2, 0.25) is 17.7 Å². The molecule has 1 heterocycles. The van der Waals surface area contributed by atoms with Crippen LogP contribution < -0.4 is 25.0 Å². The summed E-state index contributed by atoms with van der Waals surface area (Å²) in [7, 11) is -2.56. The van der Waals surface area contributed by atoms with Crippen molar-refractivity contribution in [1.29, 1.82) is 0 Å². The number of nitrogens with zero attached hydrogens (tertiary/aromatic N) is 2. The van der Waals surface area contributed by atoms with Crippen LogP contribution >= 0.6 is 0 Å². The summed E-state index contributed by atoms with van der Waals surface area (Å²) in [5, 5.41) is 8.69. The topological polar surface area (TPSA) is 154 Å². The molecule has 0 unspecified atom stereocenters. The third kappa shape index (κ3) is 10.7. The molecule has 1 aliphatic heterocycles. The summed E-state index contributed by atoms with van der Waals surface area (Å²) in [5.41, 5.74) is 3.22. The predicted molar refractivity (Wildman–Crippen MR) is 207 cm³/mol. The van der Waals surface area contributed by atoms with Crippen LogP contribution in [0.15, 0.2) is 109 Å². The zero-order chi connectivity index (χ0) is 38.5. The van der Waals surface area contributed by atoms with Gasteiger partial charge in [0.15, 0.2) is 0 Å². The van der Waals surface area contributed by atoms with Gasteiger partial charge in [-0.1, -0.05) is 105 Å². The van der Waals surface area contributed by atoms with Crippen LogP contribution in [0.1, 0.15) is 48.4 Å². The highest BCUT2D eigenvalue weighted by molar-refractivity contribution is 7.91. The van der Waals surface area contributed by atoms with Gasteiger partial charge in [0, 0.05) is 19.4 Å². The third-order valence-electron chi connectivity index (χ3n) is 9.12. The Balaban J connectivity index is 1.31. The highest BCUT2D eigenvalue weighted by atomic mass is 32.2. The molecule has 0 spiro atoms. The lowest BCUT2D eigenvalue weighted by Crippen LogP contribution is -2.55. The van der Waals surface area contributed by atoms with Gasteiger partial charge in [-0.25, -0.2) is 8.61 Å². The predicted octanol–water partition coefficient (Wildman–Crippen LogP) is 4.09. The minimum atomic E-state index is -4.12. The molecular formula is C41H47N5O7S. The molecule has 13 heteroatoms. The second-order valence-corrected chi connectivity index (χ2v) is 14.9. The summed E-state index contributed by atoms with van der Waals surface area (Å²) in [4.78, 5) is 53.6. The summed E-state index contributed by atoms with van der Waals surface area (Å²) in [6.07, 6.45) is 3.02. The van der Waals surface area contributed by atoms with Gasteiger partial charge in [-0.3, -0.25) is 19.2 Å². The van der Waals surface area contributed by atoms with Crippen LogP contribution in [-0.2, 0) is 55.2 Å². The standard InChI is InChI=1S/C41H47N5O7S/c1-3-4-11-24-42-40(49)36(26-31-16-20-34(21-17-31)45-29-39(48)46(54(45,51)52)28-33-14-9-6-10-15-33)44-41(50)37(25-30-12-7-5-8-13-30)43-38(47)27-32-18-22-35(53-2)23-19-32/h5-10,12-23,36-37H,3-4,11,24-29H2,1-2H3,(H,42,49)(H,43,47)(H,44,50)/t36-,37-/m0/s1. The number of carbonyl (C=O) groups excluding carboxylic acids is 4. The maximum atomic E-state index is 14.0. The molecule has 0 bridgehead atoms. The average Bonchev–Trinajstić information content (AvgIpc) is 3.40. The number of amides is 4. The third-order valence-corrected chi connectivity index (χ3v) is 10.9. The van der Waals surface area contributed by atoms with Crippen molar-refractivity contribution in [3.8, 4) is 5.75 Å². The summed E-state index contributed by atoms with van der Waals surface area (Å²) in [6, 6.07) is 29.8. The molecule has 4 aromatic rings. The van der Waals surface area contributed by atoms with Gasteiger partial charge >= 0.3 is 10.2 Å². The lowest BCUT2D eigenvalue weighted by Gasteiger charge is -2.24. The van der Waals surface area contributed by atoms with Crippen molar-refractivity contribution in [2.75, 3.05) is 24.5 Å². The normalized spacial score (nSPS) is 14.6. The average molecular weight is 754 g/mol. The Morgan fingerprint density at radius 1 is 0.722 bits per heavy atom. The number of benzene rings is 4. The minimum absolute atomic E-state index is 0.0403. The maximum absolute atomic E-state index is 14.0. The van der Waals surface area contributed by atoms with E-state index in [1.807, 2.05) is 36.4 Å². The Hall–Kier alpha value is -5.69. The molecule has 1 saturated heterocycles. The van der Waals surface area contributed by atoms with E-state index >= 15 is 0 Å². The van der Waals surface area contributed by atoms with E-state index in [2.05, 4.69) is 22.9 Å². The number of methoxy groups -OCH3 is 1. The van der Waals surface area contributed by atoms with Gasteiger partial charge in [-0.15, -0.1) is 0 Å². The van der Waals surface area contributed by atoms with E-state index < -0.39 is 34.1 Å². The lowest BCUT2D eigenvalue weighted by atomic mass is 10.0. The van der Waals surface area contributed by atoms with Gasteiger partial charge < -0.3 is 20.7 Å². The van der Waals surface area contributed by atoms with Crippen LogP contribution in [-0.4, -0.2) is 68.6 Å². The van der Waals surface area contributed by atoms with Crippen LogP contribution in [0.2, 0.25) is 0 Å². The summed E-state index contributed by atoms with van der Waals surface area (Å²) >= 11 is 0. The first kappa shape index (κ1) is 39.5. The summed E-state index contributed by atoms with van der Waals surface area (Å²) in [6.45, 7) is 2.09. The molecule has 4 amide bonds. The monoisotopic (exact) mass is 753 g/mol. The molecule has 0 saturated carbocycles. The van der Waals surface area contributed by atoms with E-state index in [1.165, 1.54) is 0 Å². The Morgan fingerprint density at radius 3 is 1.91 bits per heavy atom. The number of hydrogen-bond donors (Lipinski definition) is 3. The van der Waals surface area contributed by atoms with Crippen molar-refractivity contribution in [3.05, 3.63) is 131 Å². The fourth-order valence-electron chi connectivity index (χ4n) is 6.13. The second-order valence-electron chi connectivity index (χ2n) is 13.2. The molecule has 2 atom stereocenters. The van der Waals surface area contributed by atoms with Gasteiger partial charge in [0.25, 0.3) is 5.91 Å². The van der Waals surface area contributed by atoms with Crippen molar-refractivity contribution < 1.29 is 32.3 Å². The lowest BCUT2D eigenvalue weighted by molar-refractivity contribution is -0.132. The first-order chi connectivity index (χ1) is 26.1. The van der Waals surface area contributed by atoms with E-state index in [9.17, 15) is 27.6 Å². The molecule has 12 nitrogen and oxygen atoms in total. The zero-order valence-corrected chi connectivity index (χ0v) is 31.4. The van der Waals surface area contributed by atoms with E-state index in [0.29, 0.717) is 29.1 Å². The minimum Gasteiger partial charge on any atom is -0.497 e. The molecule has 0 aromatic heterocycles. The van der Waals surface area contributed by atoms with Crippen molar-refractivity contribution in [1.82, 2.24) is 20.3 Å². The molecule has 0 aliphatic carbocycles. The number of hydrogen-bond acceptors (Lipinski definition) is 7. The summed E-state index contributed by atoms with van der Waals surface area (Å²) < 4.78 is 34.0. The van der Waals surface area contributed by atoms with E-state index in [1.54, 1.807) is 79.9 Å². The van der Waals surface area contributed by atoms with Gasteiger partial charge in [0.05, 0.1) is 25.8 Å². The van der Waals surface area contributed by atoms with Crippen LogP contribution in [0.25, 0.3) is 0 Å².